The quantitative estimate of drug-likeness (QED) is 0.868. The molecule has 0 bridgehead atoms. The van der Waals surface area contributed by atoms with E-state index < -0.39 is 0 Å². The zero-order valence-corrected chi connectivity index (χ0v) is 16.2. The van der Waals surface area contributed by atoms with Gasteiger partial charge in [-0.1, -0.05) is 19.3 Å². The summed E-state index contributed by atoms with van der Waals surface area (Å²) in [4.78, 5) is 31.4. The van der Waals surface area contributed by atoms with E-state index in [9.17, 15) is 9.59 Å². The van der Waals surface area contributed by atoms with Crippen molar-refractivity contribution < 1.29 is 14.0 Å². The number of nitrogens with zero attached hydrogens (tertiary/aromatic N) is 2. The number of likely N-dealkylation sites (tertiary alicyclic amines) is 1. The van der Waals surface area contributed by atoms with E-state index in [0.29, 0.717) is 24.5 Å². The van der Waals surface area contributed by atoms with Gasteiger partial charge in [-0.05, 0) is 37.8 Å². The molecule has 1 saturated heterocycles. The van der Waals surface area contributed by atoms with Crippen LogP contribution in [0.3, 0.4) is 0 Å². The highest BCUT2D eigenvalue weighted by Crippen LogP contribution is 2.26. The number of carbonyl (C=O) groups excluding carboxylic acids is 2. The van der Waals surface area contributed by atoms with Gasteiger partial charge < -0.3 is 14.6 Å². The first-order valence-electron chi connectivity index (χ1n) is 9.80. The fourth-order valence-electron chi connectivity index (χ4n) is 3.96. The number of hydrogen-bond acceptors (Lipinski definition) is 5. The van der Waals surface area contributed by atoms with Crippen LogP contribution < -0.4 is 5.32 Å². The molecule has 2 aliphatic rings. The Balaban J connectivity index is 1.28. The predicted molar refractivity (Wildman–Crippen MR) is 103 cm³/mol. The number of rotatable bonds is 4. The van der Waals surface area contributed by atoms with Crippen LogP contribution in [0.5, 0.6) is 0 Å². The average Bonchev–Trinajstić information content (AvgIpc) is 3.40. The average molecular weight is 388 g/mol. The van der Waals surface area contributed by atoms with Gasteiger partial charge >= 0.3 is 0 Å². The molecule has 0 spiro atoms. The number of furan rings is 1. The molecule has 1 aliphatic carbocycles. The summed E-state index contributed by atoms with van der Waals surface area (Å²) in [6.07, 6.45) is 8.83. The van der Waals surface area contributed by atoms with E-state index in [1.54, 1.807) is 11.6 Å². The normalized spacial score (nSPS) is 19.2. The van der Waals surface area contributed by atoms with Crippen LogP contribution in [0.15, 0.2) is 28.2 Å². The summed E-state index contributed by atoms with van der Waals surface area (Å²) in [6, 6.07) is 3.83. The van der Waals surface area contributed by atoms with Crippen molar-refractivity contribution in [3.63, 3.8) is 0 Å². The van der Waals surface area contributed by atoms with Crippen molar-refractivity contribution in [3.05, 3.63) is 29.5 Å². The third-order valence-electron chi connectivity index (χ3n) is 5.56. The van der Waals surface area contributed by atoms with Crippen LogP contribution in [-0.2, 0) is 4.79 Å². The van der Waals surface area contributed by atoms with E-state index in [-0.39, 0.29) is 23.8 Å². The van der Waals surface area contributed by atoms with Gasteiger partial charge in [0, 0.05) is 30.4 Å². The van der Waals surface area contributed by atoms with Crippen LogP contribution in [0.1, 0.15) is 55.4 Å². The van der Waals surface area contributed by atoms with Gasteiger partial charge in [0.25, 0.3) is 5.91 Å². The van der Waals surface area contributed by atoms with Crippen LogP contribution >= 0.6 is 11.3 Å². The lowest BCUT2D eigenvalue weighted by atomic mass is 9.88. The second kappa shape index (κ2) is 8.25. The van der Waals surface area contributed by atoms with Crippen LogP contribution in [0.25, 0.3) is 10.8 Å². The lowest BCUT2D eigenvalue weighted by molar-refractivity contribution is -0.126. The molecule has 6 nitrogen and oxygen atoms in total. The molecular weight excluding hydrogens is 362 g/mol. The predicted octanol–water partition coefficient (Wildman–Crippen LogP) is 3.70. The molecule has 27 heavy (non-hydrogen) atoms. The van der Waals surface area contributed by atoms with Gasteiger partial charge in [0.05, 0.1) is 6.26 Å². The molecule has 1 N–H and O–H groups in total. The number of aromatic nitrogens is 1. The highest BCUT2D eigenvalue weighted by Gasteiger charge is 2.28. The number of nitrogens with one attached hydrogen (secondary N) is 1. The van der Waals surface area contributed by atoms with Crippen molar-refractivity contribution >= 4 is 23.2 Å². The zero-order valence-electron chi connectivity index (χ0n) is 15.4. The number of hydrogen-bond donors (Lipinski definition) is 1. The van der Waals surface area contributed by atoms with Crippen molar-refractivity contribution in [1.82, 2.24) is 15.2 Å². The smallest absolute Gasteiger partial charge is 0.273 e. The van der Waals surface area contributed by atoms with E-state index in [4.69, 9.17) is 4.42 Å². The fraction of sp³-hybridized carbons (Fsp3) is 0.550. The minimum Gasteiger partial charge on any atom is -0.462 e. The van der Waals surface area contributed by atoms with Gasteiger partial charge in [-0.15, -0.1) is 11.3 Å². The fourth-order valence-corrected chi connectivity index (χ4v) is 4.72. The molecule has 2 aromatic heterocycles. The van der Waals surface area contributed by atoms with Gasteiger partial charge in [0.15, 0.2) is 10.8 Å². The highest BCUT2D eigenvalue weighted by atomic mass is 32.1. The van der Waals surface area contributed by atoms with Crippen molar-refractivity contribution in [2.45, 2.75) is 51.0 Å². The van der Waals surface area contributed by atoms with E-state index in [2.05, 4.69) is 10.3 Å². The van der Waals surface area contributed by atoms with Gasteiger partial charge in [-0.3, -0.25) is 9.59 Å². The second-order valence-electron chi connectivity index (χ2n) is 7.43. The maximum absolute atomic E-state index is 12.7. The molecular formula is C20H25N3O3S. The Bertz CT molecular complexity index is 772. The minimum absolute atomic E-state index is 0.0406. The molecule has 144 valence electrons. The Morgan fingerprint density at radius 2 is 1.93 bits per heavy atom. The van der Waals surface area contributed by atoms with E-state index >= 15 is 0 Å². The summed E-state index contributed by atoms with van der Waals surface area (Å²) in [5.74, 6) is 1.04. The molecule has 7 heteroatoms. The largest absolute Gasteiger partial charge is 0.462 e. The molecule has 0 unspecified atom stereocenters. The first-order valence-corrected chi connectivity index (χ1v) is 10.7. The third kappa shape index (κ3) is 4.24. The van der Waals surface area contributed by atoms with Crippen molar-refractivity contribution in [2.24, 2.45) is 5.92 Å². The Kier molecular flexibility index (Phi) is 5.57. The highest BCUT2D eigenvalue weighted by molar-refractivity contribution is 7.13. The van der Waals surface area contributed by atoms with Crippen LogP contribution in [-0.4, -0.2) is 40.8 Å². The summed E-state index contributed by atoms with van der Waals surface area (Å²) < 4.78 is 5.34. The Morgan fingerprint density at radius 3 is 2.63 bits per heavy atom. The van der Waals surface area contributed by atoms with Crippen LogP contribution in [0, 0.1) is 5.92 Å². The van der Waals surface area contributed by atoms with Crippen molar-refractivity contribution in [1.29, 1.82) is 0 Å². The molecule has 2 amide bonds. The van der Waals surface area contributed by atoms with E-state index in [1.807, 2.05) is 17.0 Å². The standard InChI is InChI=1S/C20H25N3O3S/c24-18(14-5-2-1-3-6-14)21-15-8-10-23(11-9-15)20(25)16-13-27-19(22-16)17-7-4-12-26-17/h4,7,12-15H,1-3,5-6,8-11H2,(H,21,24). The molecule has 4 rings (SSSR count). The van der Waals surface area contributed by atoms with Gasteiger partial charge in [-0.2, -0.15) is 0 Å². The van der Waals surface area contributed by atoms with E-state index in [0.717, 1.165) is 30.7 Å². The third-order valence-corrected chi connectivity index (χ3v) is 6.42. The van der Waals surface area contributed by atoms with Gasteiger partial charge in [-0.25, -0.2) is 4.98 Å². The molecule has 1 saturated carbocycles. The number of amides is 2. The first-order chi connectivity index (χ1) is 13.2. The van der Waals surface area contributed by atoms with E-state index in [1.165, 1.54) is 30.6 Å². The second-order valence-corrected chi connectivity index (χ2v) is 8.28. The topological polar surface area (TPSA) is 75.4 Å². The first kappa shape index (κ1) is 18.2. The number of piperidine rings is 1. The van der Waals surface area contributed by atoms with Gasteiger partial charge in [0.2, 0.25) is 5.91 Å². The Morgan fingerprint density at radius 1 is 1.15 bits per heavy atom. The molecule has 0 aromatic carbocycles. The summed E-state index contributed by atoms with van der Waals surface area (Å²) in [5, 5.41) is 5.72. The number of thiazole rings is 1. The molecule has 2 fully saturated rings. The summed E-state index contributed by atoms with van der Waals surface area (Å²) in [6.45, 7) is 1.31. The zero-order chi connectivity index (χ0) is 18.6. The van der Waals surface area contributed by atoms with Crippen molar-refractivity contribution in [2.75, 3.05) is 13.1 Å². The molecule has 1 aliphatic heterocycles. The van der Waals surface area contributed by atoms with Crippen molar-refractivity contribution in [3.8, 4) is 10.8 Å². The Hall–Kier alpha value is -2.15. The monoisotopic (exact) mass is 387 g/mol. The lowest BCUT2D eigenvalue weighted by Gasteiger charge is -2.33. The summed E-state index contributed by atoms with van der Waals surface area (Å²) in [7, 11) is 0. The van der Waals surface area contributed by atoms with Crippen LogP contribution in [0.4, 0.5) is 0 Å². The lowest BCUT2D eigenvalue weighted by Crippen LogP contribution is -2.48. The molecule has 3 heterocycles. The maximum atomic E-state index is 12.7. The maximum Gasteiger partial charge on any atom is 0.273 e. The molecule has 2 aromatic rings. The molecule has 0 radical (unpaired) electrons. The number of carbonyl (C=O) groups is 2. The summed E-state index contributed by atoms with van der Waals surface area (Å²) >= 11 is 1.41. The summed E-state index contributed by atoms with van der Waals surface area (Å²) in [5.41, 5.74) is 0.469. The Labute approximate surface area is 163 Å². The van der Waals surface area contributed by atoms with Gasteiger partial charge in [0.1, 0.15) is 5.69 Å². The SMILES string of the molecule is O=C(NC1CCN(C(=O)c2csc(-c3ccco3)n2)CC1)C1CCCCC1. The van der Waals surface area contributed by atoms with Crippen LogP contribution in [0.2, 0.25) is 0 Å². The minimum atomic E-state index is -0.0406. The molecule has 0 atom stereocenters.